The Balaban J connectivity index is 1.99. The molecule has 19 heavy (non-hydrogen) atoms. The number of hydrogen-bond acceptors (Lipinski definition) is 4. The fraction of sp³-hybridized carbons (Fsp3) is 0.545. The summed E-state index contributed by atoms with van der Waals surface area (Å²) in [6.45, 7) is 3.06. The molecule has 1 aliphatic rings. The van der Waals surface area contributed by atoms with Gasteiger partial charge in [0.25, 0.3) is 5.91 Å². The molecule has 8 heteroatoms. The predicted molar refractivity (Wildman–Crippen MR) is 73.3 cm³/mol. The lowest BCUT2D eigenvalue weighted by atomic mass is 10.3. The van der Waals surface area contributed by atoms with Crippen LogP contribution in [0.4, 0.5) is 0 Å². The molecule has 1 aliphatic heterocycles. The second-order valence-electron chi connectivity index (χ2n) is 4.20. The van der Waals surface area contributed by atoms with E-state index in [0.717, 1.165) is 0 Å². The molecule has 1 amide bonds. The van der Waals surface area contributed by atoms with Gasteiger partial charge in [0, 0.05) is 26.2 Å². The molecule has 0 N–H and O–H groups in total. The zero-order chi connectivity index (χ0) is 14.0. The highest BCUT2D eigenvalue weighted by molar-refractivity contribution is 9.10. The Bertz CT molecular complexity index is 561. The molecule has 0 saturated carbocycles. The summed E-state index contributed by atoms with van der Waals surface area (Å²) in [6.07, 6.45) is 0. The molecule has 0 aromatic carbocycles. The molecule has 0 radical (unpaired) electrons. The number of rotatable bonds is 3. The molecule has 1 aromatic rings. The van der Waals surface area contributed by atoms with Crippen LogP contribution in [0.25, 0.3) is 0 Å². The number of sulfonamides is 1. The van der Waals surface area contributed by atoms with Crippen molar-refractivity contribution in [2.75, 3.05) is 31.9 Å². The van der Waals surface area contributed by atoms with Gasteiger partial charge in [0.05, 0.1) is 5.75 Å². The summed E-state index contributed by atoms with van der Waals surface area (Å²) in [5.41, 5.74) is 0. The molecule has 0 aliphatic carbocycles. The lowest BCUT2D eigenvalue weighted by molar-refractivity contribution is 0.0664. The Kier molecular flexibility index (Phi) is 4.32. The number of furan rings is 1. The van der Waals surface area contributed by atoms with Crippen LogP contribution in [0.15, 0.2) is 21.2 Å². The summed E-state index contributed by atoms with van der Waals surface area (Å²) in [5, 5.41) is 0. The summed E-state index contributed by atoms with van der Waals surface area (Å²) in [7, 11) is -3.17. The highest BCUT2D eigenvalue weighted by Gasteiger charge is 2.29. The molecular weight excluding hydrogens is 336 g/mol. The molecule has 0 atom stereocenters. The number of hydrogen-bond donors (Lipinski definition) is 0. The van der Waals surface area contributed by atoms with Crippen LogP contribution in [-0.4, -0.2) is 55.5 Å². The Morgan fingerprint density at radius 3 is 2.42 bits per heavy atom. The van der Waals surface area contributed by atoms with Crippen molar-refractivity contribution in [3.63, 3.8) is 0 Å². The molecule has 1 fully saturated rings. The Labute approximate surface area is 120 Å². The van der Waals surface area contributed by atoms with Crippen molar-refractivity contribution in [3.05, 3.63) is 22.6 Å². The van der Waals surface area contributed by atoms with Gasteiger partial charge < -0.3 is 9.32 Å². The molecule has 6 nitrogen and oxygen atoms in total. The third kappa shape index (κ3) is 3.18. The molecule has 0 bridgehead atoms. The molecule has 0 spiro atoms. The van der Waals surface area contributed by atoms with Crippen molar-refractivity contribution >= 4 is 31.9 Å². The Hall–Kier alpha value is -0.860. The van der Waals surface area contributed by atoms with E-state index in [1.165, 1.54) is 4.31 Å². The fourth-order valence-electron chi connectivity index (χ4n) is 1.94. The van der Waals surface area contributed by atoms with Gasteiger partial charge in [0.15, 0.2) is 10.4 Å². The van der Waals surface area contributed by atoms with Crippen LogP contribution in [0.5, 0.6) is 0 Å². The van der Waals surface area contributed by atoms with Crippen molar-refractivity contribution in [3.8, 4) is 0 Å². The number of nitrogens with zero attached hydrogens (tertiary/aromatic N) is 2. The summed E-state index contributed by atoms with van der Waals surface area (Å²) in [5.74, 6) is 0.143. The Morgan fingerprint density at radius 2 is 1.95 bits per heavy atom. The highest BCUT2D eigenvalue weighted by Crippen LogP contribution is 2.17. The summed E-state index contributed by atoms with van der Waals surface area (Å²) < 4.78 is 30.5. The number of carbonyl (C=O) groups excluding carboxylic acids is 1. The van der Waals surface area contributed by atoms with Gasteiger partial charge in [-0.3, -0.25) is 4.79 Å². The van der Waals surface area contributed by atoms with Gasteiger partial charge in [-0.1, -0.05) is 0 Å². The van der Waals surface area contributed by atoms with Gasteiger partial charge in [0.2, 0.25) is 10.0 Å². The van der Waals surface area contributed by atoms with E-state index in [4.69, 9.17) is 4.42 Å². The van der Waals surface area contributed by atoms with E-state index in [1.54, 1.807) is 24.0 Å². The molecule has 0 unspecified atom stereocenters. The van der Waals surface area contributed by atoms with Crippen molar-refractivity contribution < 1.29 is 17.6 Å². The quantitative estimate of drug-likeness (QED) is 0.819. The molecule has 1 aromatic heterocycles. The monoisotopic (exact) mass is 350 g/mol. The van der Waals surface area contributed by atoms with E-state index < -0.39 is 10.0 Å². The van der Waals surface area contributed by atoms with Crippen LogP contribution >= 0.6 is 15.9 Å². The second kappa shape index (κ2) is 5.64. The summed E-state index contributed by atoms with van der Waals surface area (Å²) in [6, 6.07) is 3.26. The minimum Gasteiger partial charge on any atom is -0.444 e. The average molecular weight is 351 g/mol. The fourth-order valence-corrected chi connectivity index (χ4v) is 3.33. The lowest BCUT2D eigenvalue weighted by Gasteiger charge is -2.33. The van der Waals surface area contributed by atoms with Crippen LogP contribution < -0.4 is 0 Å². The van der Waals surface area contributed by atoms with Crippen molar-refractivity contribution in [2.24, 2.45) is 0 Å². The smallest absolute Gasteiger partial charge is 0.289 e. The third-order valence-corrected chi connectivity index (χ3v) is 5.38. The topological polar surface area (TPSA) is 70.8 Å². The molecule has 1 saturated heterocycles. The van der Waals surface area contributed by atoms with Gasteiger partial charge in [-0.25, -0.2) is 8.42 Å². The summed E-state index contributed by atoms with van der Waals surface area (Å²) >= 11 is 3.14. The average Bonchev–Trinajstić information content (AvgIpc) is 2.85. The van der Waals surface area contributed by atoms with Gasteiger partial charge in [-0.2, -0.15) is 4.31 Å². The van der Waals surface area contributed by atoms with Crippen LogP contribution in [0.3, 0.4) is 0 Å². The first-order valence-corrected chi connectivity index (χ1v) is 8.36. The largest absolute Gasteiger partial charge is 0.444 e. The zero-order valence-electron chi connectivity index (χ0n) is 10.5. The van der Waals surface area contributed by atoms with Crippen molar-refractivity contribution in [2.45, 2.75) is 6.92 Å². The minimum atomic E-state index is -3.17. The van der Waals surface area contributed by atoms with E-state index >= 15 is 0 Å². The Morgan fingerprint density at radius 1 is 1.32 bits per heavy atom. The molecule has 2 heterocycles. The van der Waals surface area contributed by atoms with E-state index in [1.807, 2.05) is 0 Å². The summed E-state index contributed by atoms with van der Waals surface area (Å²) in [4.78, 5) is 13.7. The number of halogens is 1. The van der Waals surface area contributed by atoms with Crippen molar-refractivity contribution in [1.82, 2.24) is 9.21 Å². The van der Waals surface area contributed by atoms with Gasteiger partial charge >= 0.3 is 0 Å². The lowest BCUT2D eigenvalue weighted by Crippen LogP contribution is -2.50. The van der Waals surface area contributed by atoms with E-state index in [9.17, 15) is 13.2 Å². The first-order chi connectivity index (χ1) is 8.94. The standard InChI is InChI=1S/C11H15BrN2O4S/c1-2-19(16,17)14-7-5-13(6-8-14)11(15)9-3-4-10(12)18-9/h3-4H,2,5-8H2,1H3. The van der Waals surface area contributed by atoms with Crippen LogP contribution in [0, 0.1) is 0 Å². The minimum absolute atomic E-state index is 0.0894. The van der Waals surface area contributed by atoms with Gasteiger partial charge in [-0.15, -0.1) is 0 Å². The third-order valence-electron chi connectivity index (χ3n) is 3.07. The van der Waals surface area contributed by atoms with Gasteiger partial charge in [-0.05, 0) is 35.0 Å². The van der Waals surface area contributed by atoms with Crippen LogP contribution in [-0.2, 0) is 10.0 Å². The first kappa shape index (κ1) is 14.5. The molecule has 2 rings (SSSR count). The SMILES string of the molecule is CCS(=O)(=O)N1CCN(C(=O)c2ccc(Br)o2)CC1. The number of carbonyl (C=O) groups is 1. The maximum Gasteiger partial charge on any atom is 0.289 e. The first-order valence-electron chi connectivity index (χ1n) is 5.96. The van der Waals surface area contributed by atoms with Gasteiger partial charge in [0.1, 0.15) is 0 Å². The maximum absolute atomic E-state index is 12.1. The normalized spacial score (nSPS) is 17.7. The van der Waals surface area contributed by atoms with E-state index in [-0.39, 0.29) is 17.4 Å². The molecule has 106 valence electrons. The highest BCUT2D eigenvalue weighted by atomic mass is 79.9. The van der Waals surface area contributed by atoms with Crippen molar-refractivity contribution in [1.29, 1.82) is 0 Å². The molecular formula is C11H15BrN2O4S. The zero-order valence-corrected chi connectivity index (χ0v) is 12.9. The second-order valence-corrected chi connectivity index (χ2v) is 7.23. The number of piperazine rings is 1. The predicted octanol–water partition coefficient (Wildman–Crippen LogP) is 1.15. The maximum atomic E-state index is 12.1. The van der Waals surface area contributed by atoms with E-state index in [0.29, 0.717) is 30.8 Å². The van der Waals surface area contributed by atoms with Crippen LogP contribution in [0.1, 0.15) is 17.5 Å². The van der Waals surface area contributed by atoms with Crippen LogP contribution in [0.2, 0.25) is 0 Å². The number of amides is 1. The van der Waals surface area contributed by atoms with E-state index in [2.05, 4.69) is 15.9 Å².